The maximum absolute atomic E-state index is 11.7. The molecule has 0 unspecified atom stereocenters. The van der Waals surface area contributed by atoms with Gasteiger partial charge in [0.05, 0.1) is 17.8 Å². The van der Waals surface area contributed by atoms with Gasteiger partial charge in [0.1, 0.15) is 5.75 Å². The Kier molecular flexibility index (Phi) is 4.91. The summed E-state index contributed by atoms with van der Waals surface area (Å²) in [6, 6.07) is 3.57. The summed E-state index contributed by atoms with van der Waals surface area (Å²) in [5, 5.41) is 23.1. The standard InChI is InChI=1S/C14H18N2O5/c1-14(2,3)13(21)15-7-11(18)16-10-5-4-8(17)6-9(10)12(19)20/h4-6,17H,7H2,1-3H3,(H,15,21)(H,16,18)(H,19,20). The highest BCUT2D eigenvalue weighted by Gasteiger charge is 2.21. The Hall–Kier alpha value is -2.57. The molecular formula is C14H18N2O5. The maximum atomic E-state index is 11.7. The van der Waals surface area contributed by atoms with Gasteiger partial charge in [-0.15, -0.1) is 0 Å². The van der Waals surface area contributed by atoms with Crippen LogP contribution in [0.25, 0.3) is 0 Å². The van der Waals surface area contributed by atoms with Crippen LogP contribution in [0.4, 0.5) is 5.69 Å². The Labute approximate surface area is 122 Å². The highest BCUT2D eigenvalue weighted by atomic mass is 16.4. The number of hydrogen-bond acceptors (Lipinski definition) is 4. The van der Waals surface area contributed by atoms with Crippen LogP contribution in [0.15, 0.2) is 18.2 Å². The summed E-state index contributed by atoms with van der Waals surface area (Å²) in [5.41, 5.74) is -0.800. The number of nitrogens with one attached hydrogen (secondary N) is 2. The number of anilines is 1. The van der Waals surface area contributed by atoms with Crippen LogP contribution < -0.4 is 10.6 Å². The summed E-state index contributed by atoms with van der Waals surface area (Å²) in [6.45, 7) is 4.87. The third kappa shape index (κ3) is 4.79. The lowest BCUT2D eigenvalue weighted by atomic mass is 9.96. The molecule has 0 radical (unpaired) electrons. The zero-order chi connectivity index (χ0) is 16.2. The number of aromatic carboxylic acids is 1. The van der Waals surface area contributed by atoms with Crippen LogP contribution in [0.1, 0.15) is 31.1 Å². The molecule has 0 saturated carbocycles. The van der Waals surface area contributed by atoms with Gasteiger partial charge in [0.25, 0.3) is 0 Å². The lowest BCUT2D eigenvalue weighted by Gasteiger charge is -2.17. The van der Waals surface area contributed by atoms with Gasteiger partial charge in [-0.2, -0.15) is 0 Å². The van der Waals surface area contributed by atoms with E-state index < -0.39 is 17.3 Å². The first-order valence-electron chi connectivity index (χ1n) is 6.25. The number of amides is 2. The first-order chi connectivity index (χ1) is 9.61. The molecule has 0 heterocycles. The Morgan fingerprint density at radius 3 is 2.33 bits per heavy atom. The third-order valence-corrected chi connectivity index (χ3v) is 2.60. The Morgan fingerprint density at radius 2 is 1.81 bits per heavy atom. The minimum absolute atomic E-state index is 0.0512. The van der Waals surface area contributed by atoms with Crippen molar-refractivity contribution in [1.82, 2.24) is 5.32 Å². The predicted molar refractivity (Wildman–Crippen MR) is 76.2 cm³/mol. The summed E-state index contributed by atoms with van der Waals surface area (Å²) < 4.78 is 0. The van der Waals surface area contributed by atoms with Crippen molar-refractivity contribution in [2.75, 3.05) is 11.9 Å². The van der Waals surface area contributed by atoms with Gasteiger partial charge in [-0.3, -0.25) is 9.59 Å². The molecule has 0 spiro atoms. The number of phenolic OH excluding ortho intramolecular Hbond substituents is 1. The monoisotopic (exact) mass is 294 g/mol. The highest BCUT2D eigenvalue weighted by molar-refractivity contribution is 6.02. The highest BCUT2D eigenvalue weighted by Crippen LogP contribution is 2.21. The number of carbonyl (C=O) groups excluding carboxylic acids is 2. The Morgan fingerprint density at radius 1 is 1.19 bits per heavy atom. The molecule has 0 aliphatic rings. The van der Waals surface area contributed by atoms with Crippen molar-refractivity contribution in [2.45, 2.75) is 20.8 Å². The van der Waals surface area contributed by atoms with E-state index in [0.29, 0.717) is 0 Å². The van der Waals surface area contributed by atoms with E-state index in [1.54, 1.807) is 20.8 Å². The van der Waals surface area contributed by atoms with E-state index in [1.807, 2.05) is 0 Å². The van der Waals surface area contributed by atoms with E-state index in [2.05, 4.69) is 10.6 Å². The molecule has 0 aromatic heterocycles. The van der Waals surface area contributed by atoms with Crippen LogP contribution >= 0.6 is 0 Å². The minimum atomic E-state index is -1.28. The number of rotatable bonds is 4. The van der Waals surface area contributed by atoms with E-state index >= 15 is 0 Å². The van der Waals surface area contributed by atoms with Crippen LogP contribution in [-0.4, -0.2) is 34.5 Å². The molecule has 0 saturated heterocycles. The molecule has 0 bridgehead atoms. The van der Waals surface area contributed by atoms with Crippen molar-refractivity contribution >= 4 is 23.5 Å². The molecule has 1 rings (SSSR count). The average molecular weight is 294 g/mol. The molecule has 1 aromatic carbocycles. The number of carboxylic acids is 1. The second-order valence-electron chi connectivity index (χ2n) is 5.52. The number of phenols is 1. The second-order valence-corrected chi connectivity index (χ2v) is 5.52. The summed E-state index contributed by atoms with van der Waals surface area (Å²) in [4.78, 5) is 34.4. The Bertz CT molecular complexity index is 575. The molecule has 4 N–H and O–H groups in total. The topological polar surface area (TPSA) is 116 Å². The predicted octanol–water partition coefficient (Wildman–Crippen LogP) is 1.19. The molecule has 0 atom stereocenters. The van der Waals surface area contributed by atoms with Gasteiger partial charge in [-0.25, -0.2) is 4.79 Å². The van der Waals surface area contributed by atoms with Gasteiger partial charge in [0.15, 0.2) is 0 Å². The van der Waals surface area contributed by atoms with Crippen molar-refractivity contribution in [3.8, 4) is 5.75 Å². The molecule has 1 aromatic rings. The summed E-state index contributed by atoms with van der Waals surface area (Å²) in [6.07, 6.45) is 0. The van der Waals surface area contributed by atoms with Crippen LogP contribution in [-0.2, 0) is 9.59 Å². The molecule has 114 valence electrons. The van der Waals surface area contributed by atoms with Gasteiger partial charge in [-0.1, -0.05) is 20.8 Å². The first kappa shape index (κ1) is 16.5. The smallest absolute Gasteiger partial charge is 0.337 e. The zero-order valence-electron chi connectivity index (χ0n) is 12.1. The fourth-order valence-electron chi connectivity index (χ4n) is 1.44. The molecule has 0 aliphatic heterocycles. The fourth-order valence-corrected chi connectivity index (χ4v) is 1.44. The zero-order valence-corrected chi connectivity index (χ0v) is 12.1. The van der Waals surface area contributed by atoms with E-state index in [0.717, 1.165) is 6.07 Å². The molecular weight excluding hydrogens is 276 g/mol. The number of aromatic hydroxyl groups is 1. The van der Waals surface area contributed by atoms with Crippen molar-refractivity contribution in [3.05, 3.63) is 23.8 Å². The van der Waals surface area contributed by atoms with E-state index in [9.17, 15) is 19.5 Å². The SMILES string of the molecule is CC(C)(C)C(=O)NCC(=O)Nc1ccc(O)cc1C(=O)O. The second kappa shape index (κ2) is 6.25. The summed E-state index contributed by atoms with van der Waals surface area (Å²) >= 11 is 0. The third-order valence-electron chi connectivity index (χ3n) is 2.60. The quantitative estimate of drug-likeness (QED) is 0.622. The van der Waals surface area contributed by atoms with E-state index in [1.165, 1.54) is 12.1 Å². The number of hydrogen-bond donors (Lipinski definition) is 4. The van der Waals surface area contributed by atoms with Gasteiger partial charge in [0, 0.05) is 5.41 Å². The van der Waals surface area contributed by atoms with Crippen molar-refractivity contribution < 1.29 is 24.6 Å². The normalized spacial score (nSPS) is 10.8. The van der Waals surface area contributed by atoms with Crippen LogP contribution in [0, 0.1) is 5.41 Å². The molecule has 0 aliphatic carbocycles. The lowest BCUT2D eigenvalue weighted by Crippen LogP contribution is -2.39. The van der Waals surface area contributed by atoms with Gasteiger partial charge in [0.2, 0.25) is 11.8 Å². The van der Waals surface area contributed by atoms with Crippen LogP contribution in [0.2, 0.25) is 0 Å². The molecule has 0 fully saturated rings. The first-order valence-corrected chi connectivity index (χ1v) is 6.25. The number of carbonyl (C=O) groups is 3. The molecule has 21 heavy (non-hydrogen) atoms. The van der Waals surface area contributed by atoms with Gasteiger partial charge >= 0.3 is 5.97 Å². The molecule has 7 heteroatoms. The lowest BCUT2D eigenvalue weighted by molar-refractivity contribution is -0.130. The Balaban J connectivity index is 2.72. The summed E-state index contributed by atoms with van der Waals surface area (Å²) in [5.74, 6) is -2.34. The number of carboxylic acid groups (broad SMARTS) is 1. The average Bonchev–Trinajstić information content (AvgIpc) is 2.36. The maximum Gasteiger partial charge on any atom is 0.337 e. The van der Waals surface area contributed by atoms with Gasteiger partial charge in [-0.05, 0) is 18.2 Å². The summed E-state index contributed by atoms with van der Waals surface area (Å²) in [7, 11) is 0. The van der Waals surface area contributed by atoms with Gasteiger partial charge < -0.3 is 20.8 Å². The van der Waals surface area contributed by atoms with Crippen molar-refractivity contribution in [1.29, 1.82) is 0 Å². The van der Waals surface area contributed by atoms with E-state index in [4.69, 9.17) is 5.11 Å². The van der Waals surface area contributed by atoms with Crippen LogP contribution in [0.3, 0.4) is 0 Å². The largest absolute Gasteiger partial charge is 0.508 e. The minimum Gasteiger partial charge on any atom is -0.508 e. The molecule has 2 amide bonds. The molecule has 7 nitrogen and oxygen atoms in total. The fraction of sp³-hybridized carbons (Fsp3) is 0.357. The van der Waals surface area contributed by atoms with Crippen LogP contribution in [0.5, 0.6) is 5.75 Å². The van der Waals surface area contributed by atoms with Crippen molar-refractivity contribution in [3.63, 3.8) is 0 Å². The van der Waals surface area contributed by atoms with E-state index in [-0.39, 0.29) is 29.5 Å². The van der Waals surface area contributed by atoms with Crippen molar-refractivity contribution in [2.24, 2.45) is 5.41 Å². The number of benzene rings is 1.